The van der Waals surface area contributed by atoms with Gasteiger partial charge in [0.2, 0.25) is 0 Å². The molecular weight excluding hydrogens is 258 g/mol. The van der Waals surface area contributed by atoms with Crippen molar-refractivity contribution in [3.8, 4) is 0 Å². The van der Waals surface area contributed by atoms with Gasteiger partial charge in [-0.2, -0.15) is 0 Å². The highest BCUT2D eigenvalue weighted by atomic mass is 16.1. The molecule has 104 valence electrons. The number of aryl methyl sites for hydroxylation is 1. The first kappa shape index (κ1) is 12.4. The van der Waals surface area contributed by atoms with Crippen LogP contribution in [0.4, 0.5) is 0 Å². The van der Waals surface area contributed by atoms with Gasteiger partial charge in [-0.05, 0) is 65.3 Å². The average Bonchev–Trinajstić information content (AvgIpc) is 2.96. The molecule has 4 rings (SSSR count). The van der Waals surface area contributed by atoms with Gasteiger partial charge >= 0.3 is 0 Å². The maximum Gasteiger partial charge on any atom is 0.251 e. The summed E-state index contributed by atoms with van der Waals surface area (Å²) < 4.78 is 0. The third-order valence-electron chi connectivity index (χ3n) is 4.46. The van der Waals surface area contributed by atoms with Crippen molar-refractivity contribution in [2.45, 2.75) is 19.8 Å². The van der Waals surface area contributed by atoms with Crippen LogP contribution in [0.1, 0.15) is 17.5 Å². The summed E-state index contributed by atoms with van der Waals surface area (Å²) in [6.07, 6.45) is 8.19. The predicted molar refractivity (Wildman–Crippen MR) is 83.8 cm³/mol. The fraction of sp³-hybridized carbons (Fsp3) is 0.211. The van der Waals surface area contributed by atoms with E-state index in [4.69, 9.17) is 0 Å². The third-order valence-corrected chi connectivity index (χ3v) is 4.46. The molecule has 1 amide bonds. The summed E-state index contributed by atoms with van der Waals surface area (Å²) in [6.45, 7) is 2.79. The summed E-state index contributed by atoms with van der Waals surface area (Å²) in [7, 11) is 0. The fourth-order valence-electron chi connectivity index (χ4n) is 3.13. The molecule has 0 atom stereocenters. The topological polar surface area (TPSA) is 29.1 Å². The third kappa shape index (κ3) is 2.07. The van der Waals surface area contributed by atoms with Crippen molar-refractivity contribution in [2.75, 3.05) is 6.54 Å². The van der Waals surface area contributed by atoms with Gasteiger partial charge in [0.25, 0.3) is 5.91 Å². The molecule has 0 heterocycles. The number of hydrogen-bond acceptors (Lipinski definition) is 1. The van der Waals surface area contributed by atoms with Crippen molar-refractivity contribution < 1.29 is 4.79 Å². The summed E-state index contributed by atoms with van der Waals surface area (Å²) in [4.78, 5) is 12.3. The molecule has 0 bridgehead atoms. The SMILES string of the molecule is Cc1ccccc1CCNC(=O)C1=C2C=C3CC3=C2C=C1. The largest absolute Gasteiger partial charge is 0.352 e. The van der Waals surface area contributed by atoms with Gasteiger partial charge < -0.3 is 5.32 Å². The Labute approximate surface area is 124 Å². The molecule has 1 N–H and O–H groups in total. The molecule has 1 aromatic carbocycles. The molecule has 0 aliphatic heterocycles. The van der Waals surface area contributed by atoms with E-state index in [0.29, 0.717) is 6.54 Å². The van der Waals surface area contributed by atoms with Crippen LogP contribution in [0.5, 0.6) is 0 Å². The van der Waals surface area contributed by atoms with E-state index in [9.17, 15) is 4.79 Å². The Kier molecular flexibility index (Phi) is 2.71. The van der Waals surface area contributed by atoms with Gasteiger partial charge in [0.15, 0.2) is 0 Å². The van der Waals surface area contributed by atoms with E-state index < -0.39 is 0 Å². The molecule has 1 aromatic rings. The summed E-state index contributed by atoms with van der Waals surface area (Å²) in [6, 6.07) is 8.32. The van der Waals surface area contributed by atoms with E-state index in [-0.39, 0.29) is 5.91 Å². The van der Waals surface area contributed by atoms with Gasteiger partial charge in [0.1, 0.15) is 0 Å². The monoisotopic (exact) mass is 275 g/mol. The number of carbonyl (C=O) groups is 1. The van der Waals surface area contributed by atoms with Gasteiger partial charge in [0, 0.05) is 12.1 Å². The molecule has 0 spiro atoms. The minimum absolute atomic E-state index is 0.0450. The van der Waals surface area contributed by atoms with Crippen LogP contribution >= 0.6 is 0 Å². The molecule has 1 fully saturated rings. The van der Waals surface area contributed by atoms with E-state index in [1.807, 2.05) is 18.2 Å². The molecule has 21 heavy (non-hydrogen) atoms. The lowest BCUT2D eigenvalue weighted by atomic mass is 10.1. The number of allylic oxidation sites excluding steroid dienone is 6. The summed E-state index contributed by atoms with van der Waals surface area (Å²) in [5.41, 5.74) is 8.64. The summed E-state index contributed by atoms with van der Waals surface area (Å²) in [5.74, 6) is 0.0450. The highest BCUT2D eigenvalue weighted by molar-refractivity contribution is 6.01. The van der Waals surface area contributed by atoms with Crippen LogP contribution in [-0.2, 0) is 11.2 Å². The van der Waals surface area contributed by atoms with Crippen molar-refractivity contribution >= 4 is 5.91 Å². The number of rotatable bonds is 4. The average molecular weight is 275 g/mol. The first-order valence-electron chi connectivity index (χ1n) is 7.43. The zero-order chi connectivity index (χ0) is 14.4. The minimum atomic E-state index is 0.0450. The van der Waals surface area contributed by atoms with E-state index >= 15 is 0 Å². The molecular formula is C19H17NO. The molecule has 3 aliphatic carbocycles. The van der Waals surface area contributed by atoms with E-state index in [2.05, 4.69) is 36.5 Å². The van der Waals surface area contributed by atoms with Crippen LogP contribution in [0.3, 0.4) is 0 Å². The highest BCUT2D eigenvalue weighted by Crippen LogP contribution is 2.51. The number of fused-ring (bicyclic) bond motifs is 2. The van der Waals surface area contributed by atoms with Gasteiger partial charge in [-0.3, -0.25) is 4.79 Å². The standard InChI is InChI=1S/C19H17NO/c1-12-4-2-3-5-13(12)8-9-20-19(21)16-7-6-15-17-10-14(17)11-18(15)16/h2-7,11H,8-10H2,1H3,(H,20,21). The van der Waals surface area contributed by atoms with Crippen LogP contribution in [0.15, 0.2) is 70.4 Å². The first-order valence-corrected chi connectivity index (χ1v) is 7.43. The zero-order valence-electron chi connectivity index (χ0n) is 12.1. The Balaban J connectivity index is 1.41. The van der Waals surface area contributed by atoms with Gasteiger partial charge in [-0.25, -0.2) is 0 Å². The van der Waals surface area contributed by atoms with E-state index in [0.717, 1.165) is 24.0 Å². The molecule has 0 aromatic heterocycles. The maximum atomic E-state index is 12.3. The van der Waals surface area contributed by atoms with Crippen molar-refractivity contribution in [3.63, 3.8) is 0 Å². The van der Waals surface area contributed by atoms with Crippen molar-refractivity contribution in [3.05, 3.63) is 81.5 Å². The fourth-order valence-corrected chi connectivity index (χ4v) is 3.13. The molecule has 0 radical (unpaired) electrons. The number of carbonyl (C=O) groups excluding carboxylic acids is 1. The van der Waals surface area contributed by atoms with Crippen molar-refractivity contribution in [2.24, 2.45) is 0 Å². The van der Waals surface area contributed by atoms with Crippen LogP contribution in [0, 0.1) is 6.92 Å². The Morgan fingerprint density at radius 2 is 2.05 bits per heavy atom. The van der Waals surface area contributed by atoms with Crippen LogP contribution in [0.25, 0.3) is 0 Å². The lowest BCUT2D eigenvalue weighted by Gasteiger charge is -2.08. The Bertz CT molecular complexity index is 775. The summed E-state index contributed by atoms with van der Waals surface area (Å²) in [5, 5.41) is 3.04. The normalized spacial score (nSPS) is 17.9. The minimum Gasteiger partial charge on any atom is -0.352 e. The lowest BCUT2D eigenvalue weighted by Crippen LogP contribution is -2.27. The van der Waals surface area contributed by atoms with Gasteiger partial charge in [-0.1, -0.05) is 30.3 Å². The Morgan fingerprint density at radius 3 is 2.90 bits per heavy atom. The second-order valence-electron chi connectivity index (χ2n) is 5.83. The predicted octanol–water partition coefficient (Wildman–Crippen LogP) is 3.16. The molecule has 2 nitrogen and oxygen atoms in total. The first-order chi connectivity index (χ1) is 10.2. The molecule has 2 heteroatoms. The van der Waals surface area contributed by atoms with Crippen molar-refractivity contribution in [1.29, 1.82) is 0 Å². The molecule has 0 saturated heterocycles. The van der Waals surface area contributed by atoms with Crippen LogP contribution in [0.2, 0.25) is 0 Å². The number of hydrogen-bond donors (Lipinski definition) is 1. The van der Waals surface area contributed by atoms with Gasteiger partial charge in [0.05, 0.1) is 0 Å². The van der Waals surface area contributed by atoms with E-state index in [1.165, 1.54) is 27.8 Å². The number of amides is 1. The summed E-state index contributed by atoms with van der Waals surface area (Å²) >= 11 is 0. The van der Waals surface area contributed by atoms with Gasteiger partial charge in [-0.15, -0.1) is 0 Å². The van der Waals surface area contributed by atoms with Crippen molar-refractivity contribution in [1.82, 2.24) is 5.32 Å². The highest BCUT2D eigenvalue weighted by Gasteiger charge is 2.35. The Morgan fingerprint density at radius 1 is 1.19 bits per heavy atom. The van der Waals surface area contributed by atoms with Crippen LogP contribution in [-0.4, -0.2) is 12.5 Å². The molecule has 0 unspecified atom stereocenters. The molecule has 1 saturated carbocycles. The second-order valence-corrected chi connectivity index (χ2v) is 5.83. The van der Waals surface area contributed by atoms with E-state index in [1.54, 1.807) is 0 Å². The molecule has 3 aliphatic rings. The zero-order valence-corrected chi connectivity index (χ0v) is 12.1. The lowest BCUT2D eigenvalue weighted by molar-refractivity contribution is -0.117. The quantitative estimate of drug-likeness (QED) is 0.898. The Hall–Kier alpha value is -2.35. The maximum absolute atomic E-state index is 12.3. The smallest absolute Gasteiger partial charge is 0.251 e. The second kappa shape index (κ2) is 4.59. The van der Waals surface area contributed by atoms with Crippen LogP contribution < -0.4 is 5.32 Å². The number of benzene rings is 1. The number of nitrogens with one attached hydrogen (secondary N) is 1.